The Kier molecular flexibility index (Phi) is 5.81. The molecule has 2 heterocycles. The topological polar surface area (TPSA) is 57.3 Å². The van der Waals surface area contributed by atoms with Crippen LogP contribution in [0.25, 0.3) is 0 Å². The summed E-state index contributed by atoms with van der Waals surface area (Å²) in [6, 6.07) is 22.1. The number of anilines is 1. The van der Waals surface area contributed by atoms with E-state index in [1.165, 1.54) is 17.7 Å². The number of pyridine rings is 1. The van der Waals surface area contributed by atoms with Gasteiger partial charge in [-0.25, -0.2) is 9.37 Å². The Labute approximate surface area is 169 Å². The van der Waals surface area contributed by atoms with Gasteiger partial charge in [-0.15, -0.1) is 0 Å². The number of halogens is 1. The quantitative estimate of drug-likeness (QED) is 0.702. The number of amides is 1. The highest BCUT2D eigenvalue weighted by molar-refractivity contribution is 5.92. The normalized spacial score (nSPS) is 16.4. The van der Waals surface area contributed by atoms with Gasteiger partial charge in [-0.05, 0) is 35.4 Å². The molecule has 1 aliphatic rings. The lowest BCUT2D eigenvalue weighted by molar-refractivity contribution is 0.0946. The molecule has 1 atom stereocenters. The van der Waals surface area contributed by atoms with Crippen LogP contribution in [0, 0.1) is 5.82 Å². The Bertz CT molecular complexity index is 962. The summed E-state index contributed by atoms with van der Waals surface area (Å²) in [7, 11) is 0. The molecule has 1 amide bonds. The van der Waals surface area contributed by atoms with E-state index in [1.807, 2.05) is 30.3 Å². The maximum absolute atomic E-state index is 13.0. The van der Waals surface area contributed by atoms with Gasteiger partial charge in [-0.1, -0.05) is 48.5 Å². The van der Waals surface area contributed by atoms with Crippen molar-refractivity contribution in [2.75, 3.05) is 24.5 Å². The molecule has 0 radical (unpaired) electrons. The van der Waals surface area contributed by atoms with E-state index >= 15 is 0 Å². The van der Waals surface area contributed by atoms with Crippen molar-refractivity contribution >= 4 is 11.7 Å². The first-order valence-electron chi connectivity index (χ1n) is 9.72. The molecule has 0 spiro atoms. The zero-order valence-corrected chi connectivity index (χ0v) is 16.0. The van der Waals surface area contributed by atoms with Gasteiger partial charge in [0.2, 0.25) is 0 Å². The van der Waals surface area contributed by atoms with Crippen LogP contribution in [0.5, 0.6) is 0 Å². The second kappa shape index (κ2) is 8.84. The molecule has 29 heavy (non-hydrogen) atoms. The number of rotatable bonds is 5. The monoisotopic (exact) mass is 390 g/mol. The highest BCUT2D eigenvalue weighted by atomic mass is 19.1. The number of hydrogen-bond acceptors (Lipinski definition) is 4. The largest absolute Gasteiger partial charge is 0.353 e. The van der Waals surface area contributed by atoms with Gasteiger partial charge in [0, 0.05) is 32.2 Å². The van der Waals surface area contributed by atoms with Gasteiger partial charge in [0.25, 0.3) is 5.91 Å². The summed E-state index contributed by atoms with van der Waals surface area (Å²) in [5.74, 6) is 0.257. The number of benzene rings is 2. The van der Waals surface area contributed by atoms with Crippen molar-refractivity contribution in [1.82, 2.24) is 15.6 Å². The minimum Gasteiger partial charge on any atom is -0.353 e. The lowest BCUT2D eigenvalue weighted by Crippen LogP contribution is -2.46. The maximum Gasteiger partial charge on any atom is 0.270 e. The average Bonchev–Trinajstić information content (AvgIpc) is 2.79. The second-order valence-corrected chi connectivity index (χ2v) is 7.05. The lowest BCUT2D eigenvalue weighted by atomic mass is 10.0. The van der Waals surface area contributed by atoms with E-state index in [0.717, 1.165) is 31.0 Å². The van der Waals surface area contributed by atoms with Crippen LogP contribution in [0.4, 0.5) is 10.2 Å². The number of piperazine rings is 1. The molecule has 0 aliphatic carbocycles. The minimum atomic E-state index is -0.292. The Morgan fingerprint density at radius 1 is 1.07 bits per heavy atom. The van der Waals surface area contributed by atoms with E-state index < -0.39 is 0 Å². The van der Waals surface area contributed by atoms with Crippen LogP contribution in [0.15, 0.2) is 72.8 Å². The number of nitrogens with zero attached hydrogens (tertiary/aromatic N) is 2. The van der Waals surface area contributed by atoms with E-state index in [4.69, 9.17) is 0 Å². The third-order valence-corrected chi connectivity index (χ3v) is 5.03. The first-order chi connectivity index (χ1) is 14.2. The van der Waals surface area contributed by atoms with E-state index in [0.29, 0.717) is 12.2 Å². The van der Waals surface area contributed by atoms with Crippen LogP contribution < -0.4 is 15.5 Å². The Hall–Kier alpha value is -3.25. The highest BCUT2D eigenvalue weighted by Crippen LogP contribution is 2.21. The van der Waals surface area contributed by atoms with Crippen LogP contribution in [-0.2, 0) is 6.54 Å². The third kappa shape index (κ3) is 4.78. The second-order valence-electron chi connectivity index (χ2n) is 7.05. The molecular weight excluding hydrogens is 367 g/mol. The predicted octanol–water partition coefficient (Wildman–Crippen LogP) is 3.30. The molecule has 2 N–H and O–H groups in total. The van der Waals surface area contributed by atoms with Crippen molar-refractivity contribution in [2.24, 2.45) is 0 Å². The Morgan fingerprint density at radius 2 is 1.86 bits per heavy atom. The lowest BCUT2D eigenvalue weighted by Gasteiger charge is -2.34. The molecule has 148 valence electrons. The van der Waals surface area contributed by atoms with Crippen molar-refractivity contribution in [3.05, 3.63) is 95.4 Å². The fourth-order valence-corrected chi connectivity index (χ4v) is 3.47. The van der Waals surface area contributed by atoms with E-state index in [2.05, 4.69) is 32.7 Å². The molecule has 0 bridgehead atoms. The van der Waals surface area contributed by atoms with Crippen LogP contribution in [0.2, 0.25) is 0 Å². The first-order valence-corrected chi connectivity index (χ1v) is 9.72. The average molecular weight is 390 g/mol. The maximum atomic E-state index is 13.0. The van der Waals surface area contributed by atoms with Crippen molar-refractivity contribution in [2.45, 2.75) is 12.6 Å². The molecule has 0 saturated carbocycles. The molecular formula is C23H23FN4O. The molecule has 4 rings (SSSR count). The van der Waals surface area contributed by atoms with E-state index in [-0.39, 0.29) is 17.8 Å². The van der Waals surface area contributed by atoms with Gasteiger partial charge in [-0.3, -0.25) is 4.79 Å². The van der Waals surface area contributed by atoms with E-state index in [9.17, 15) is 9.18 Å². The zero-order valence-electron chi connectivity index (χ0n) is 16.0. The minimum absolute atomic E-state index is 0.225. The van der Waals surface area contributed by atoms with Crippen LogP contribution in [-0.4, -0.2) is 30.5 Å². The van der Waals surface area contributed by atoms with Crippen LogP contribution >= 0.6 is 0 Å². The van der Waals surface area contributed by atoms with Crippen molar-refractivity contribution in [1.29, 1.82) is 0 Å². The smallest absolute Gasteiger partial charge is 0.270 e. The van der Waals surface area contributed by atoms with Crippen molar-refractivity contribution in [3.8, 4) is 0 Å². The van der Waals surface area contributed by atoms with Gasteiger partial charge in [0.1, 0.15) is 17.3 Å². The third-order valence-electron chi connectivity index (χ3n) is 5.03. The number of carbonyl (C=O) groups is 1. The number of nitrogens with one attached hydrogen (secondary N) is 2. The highest BCUT2D eigenvalue weighted by Gasteiger charge is 2.22. The Morgan fingerprint density at radius 3 is 2.66 bits per heavy atom. The molecule has 1 saturated heterocycles. The summed E-state index contributed by atoms with van der Waals surface area (Å²) in [4.78, 5) is 19.3. The molecule has 1 fully saturated rings. The predicted molar refractivity (Wildman–Crippen MR) is 111 cm³/mol. The number of carbonyl (C=O) groups excluding carboxylic acids is 1. The molecule has 6 heteroatoms. The standard InChI is InChI=1S/C23H23FN4O/c24-19-11-9-17(10-12-19)15-26-23(29)20-7-4-8-22(27-20)28-14-13-25-21(16-28)18-5-2-1-3-6-18/h1-12,21,25H,13-16H2,(H,26,29). The fourth-order valence-electron chi connectivity index (χ4n) is 3.47. The van der Waals surface area contributed by atoms with Gasteiger partial charge >= 0.3 is 0 Å². The van der Waals surface area contributed by atoms with Crippen LogP contribution in [0.3, 0.4) is 0 Å². The summed E-state index contributed by atoms with van der Waals surface area (Å²) in [5, 5.41) is 6.38. The summed E-state index contributed by atoms with van der Waals surface area (Å²) < 4.78 is 13.0. The SMILES string of the molecule is O=C(NCc1ccc(F)cc1)c1cccc(N2CCNC(c3ccccc3)C2)n1. The molecule has 1 unspecified atom stereocenters. The van der Waals surface area contributed by atoms with Gasteiger partial charge in [0.15, 0.2) is 0 Å². The summed E-state index contributed by atoms with van der Waals surface area (Å²) in [5.41, 5.74) is 2.45. The van der Waals surface area contributed by atoms with Crippen molar-refractivity contribution < 1.29 is 9.18 Å². The fraction of sp³-hybridized carbons (Fsp3) is 0.217. The van der Waals surface area contributed by atoms with Gasteiger partial charge in [0.05, 0.1) is 0 Å². The summed E-state index contributed by atoms with van der Waals surface area (Å²) in [6.07, 6.45) is 0. The van der Waals surface area contributed by atoms with Crippen LogP contribution in [0.1, 0.15) is 27.7 Å². The molecule has 1 aromatic heterocycles. The number of aromatic nitrogens is 1. The summed E-state index contributed by atoms with van der Waals surface area (Å²) in [6.45, 7) is 2.80. The molecule has 1 aliphatic heterocycles. The Balaban J connectivity index is 1.42. The van der Waals surface area contributed by atoms with Gasteiger partial charge in [-0.2, -0.15) is 0 Å². The van der Waals surface area contributed by atoms with Gasteiger partial charge < -0.3 is 15.5 Å². The first kappa shape index (κ1) is 19.1. The summed E-state index contributed by atoms with van der Waals surface area (Å²) >= 11 is 0. The zero-order chi connectivity index (χ0) is 20.1. The van der Waals surface area contributed by atoms with E-state index in [1.54, 1.807) is 18.2 Å². The molecule has 3 aromatic rings. The van der Waals surface area contributed by atoms with Crippen molar-refractivity contribution in [3.63, 3.8) is 0 Å². The number of hydrogen-bond donors (Lipinski definition) is 2. The molecule has 2 aromatic carbocycles. The molecule has 5 nitrogen and oxygen atoms in total.